The molecule has 21 heavy (non-hydrogen) atoms. The maximum Gasteiger partial charge on any atom is 0.195 e. The Morgan fingerprint density at radius 2 is 2.29 bits per heavy atom. The standard InChI is InChI=1S/C15H25N5S/c1-4-5-16-10-13-14(17-15-20(13)8-9-21-15)19-7-6-18(3)11-12(19)2/h8-9,12,16H,4-7,10-11H2,1-3H3. The van der Waals surface area contributed by atoms with Crippen molar-refractivity contribution in [2.45, 2.75) is 32.9 Å². The van der Waals surface area contributed by atoms with Gasteiger partial charge in [-0.25, -0.2) is 4.98 Å². The summed E-state index contributed by atoms with van der Waals surface area (Å²) >= 11 is 1.71. The average molecular weight is 307 g/mol. The fourth-order valence-corrected chi connectivity index (χ4v) is 3.78. The van der Waals surface area contributed by atoms with Crippen molar-refractivity contribution in [3.8, 4) is 0 Å². The van der Waals surface area contributed by atoms with Crippen LogP contribution in [0.1, 0.15) is 26.0 Å². The van der Waals surface area contributed by atoms with E-state index in [0.29, 0.717) is 6.04 Å². The van der Waals surface area contributed by atoms with E-state index in [1.165, 1.54) is 11.5 Å². The number of thiazole rings is 1. The summed E-state index contributed by atoms with van der Waals surface area (Å²) in [4.78, 5) is 10.9. The monoisotopic (exact) mass is 307 g/mol. The molecule has 3 heterocycles. The van der Waals surface area contributed by atoms with Crippen LogP contribution in [0.15, 0.2) is 11.6 Å². The van der Waals surface area contributed by atoms with E-state index in [4.69, 9.17) is 4.98 Å². The minimum atomic E-state index is 0.512. The van der Waals surface area contributed by atoms with E-state index in [-0.39, 0.29) is 0 Å². The molecule has 1 saturated heterocycles. The first-order valence-electron chi connectivity index (χ1n) is 7.81. The molecule has 2 aromatic heterocycles. The molecule has 1 N–H and O–H groups in total. The maximum absolute atomic E-state index is 4.90. The van der Waals surface area contributed by atoms with Gasteiger partial charge in [0.25, 0.3) is 0 Å². The summed E-state index contributed by atoms with van der Waals surface area (Å²) in [5.41, 5.74) is 1.30. The van der Waals surface area contributed by atoms with E-state index in [9.17, 15) is 0 Å². The third-order valence-corrected chi connectivity index (χ3v) is 4.92. The highest BCUT2D eigenvalue weighted by Crippen LogP contribution is 2.27. The lowest BCUT2D eigenvalue weighted by atomic mass is 10.2. The van der Waals surface area contributed by atoms with Crippen molar-refractivity contribution in [3.63, 3.8) is 0 Å². The van der Waals surface area contributed by atoms with E-state index < -0.39 is 0 Å². The molecule has 0 aromatic carbocycles. The van der Waals surface area contributed by atoms with E-state index in [0.717, 1.165) is 44.1 Å². The summed E-state index contributed by atoms with van der Waals surface area (Å²) in [6, 6.07) is 0.512. The Morgan fingerprint density at radius 3 is 3.05 bits per heavy atom. The lowest BCUT2D eigenvalue weighted by Crippen LogP contribution is -2.51. The van der Waals surface area contributed by atoms with Gasteiger partial charge in [-0.05, 0) is 26.9 Å². The smallest absolute Gasteiger partial charge is 0.195 e. The van der Waals surface area contributed by atoms with Crippen LogP contribution in [-0.2, 0) is 6.54 Å². The van der Waals surface area contributed by atoms with Crippen LogP contribution in [0.25, 0.3) is 4.96 Å². The first-order chi connectivity index (χ1) is 10.2. The number of imidazole rings is 1. The Labute approximate surface area is 130 Å². The molecule has 2 aromatic rings. The second kappa shape index (κ2) is 6.34. The molecule has 0 aliphatic carbocycles. The lowest BCUT2D eigenvalue weighted by molar-refractivity contribution is 0.274. The highest BCUT2D eigenvalue weighted by atomic mass is 32.1. The van der Waals surface area contributed by atoms with Gasteiger partial charge in [0.15, 0.2) is 10.8 Å². The molecule has 0 saturated carbocycles. The number of aromatic nitrogens is 2. The quantitative estimate of drug-likeness (QED) is 0.858. The average Bonchev–Trinajstić information content (AvgIpc) is 3.01. The van der Waals surface area contributed by atoms with Gasteiger partial charge in [0.05, 0.1) is 5.69 Å². The highest BCUT2D eigenvalue weighted by molar-refractivity contribution is 7.15. The zero-order valence-corrected chi connectivity index (χ0v) is 14.0. The number of hydrogen-bond donors (Lipinski definition) is 1. The van der Waals surface area contributed by atoms with Gasteiger partial charge < -0.3 is 15.1 Å². The second-order valence-corrected chi connectivity index (χ2v) is 6.79. The Hall–Kier alpha value is -1.11. The zero-order valence-electron chi connectivity index (χ0n) is 13.2. The molecular formula is C15H25N5S. The van der Waals surface area contributed by atoms with Crippen LogP contribution in [0.5, 0.6) is 0 Å². The molecule has 0 radical (unpaired) electrons. The van der Waals surface area contributed by atoms with Crippen molar-refractivity contribution in [1.82, 2.24) is 19.6 Å². The Kier molecular flexibility index (Phi) is 4.47. The Bertz CT molecular complexity index is 590. The third kappa shape index (κ3) is 2.93. The van der Waals surface area contributed by atoms with Crippen molar-refractivity contribution in [3.05, 3.63) is 17.3 Å². The van der Waals surface area contributed by atoms with Gasteiger partial charge >= 0.3 is 0 Å². The number of nitrogens with zero attached hydrogens (tertiary/aromatic N) is 4. The second-order valence-electron chi connectivity index (χ2n) is 5.92. The van der Waals surface area contributed by atoms with Gasteiger partial charge in [0.2, 0.25) is 0 Å². The van der Waals surface area contributed by atoms with Gasteiger partial charge in [0, 0.05) is 43.8 Å². The van der Waals surface area contributed by atoms with Crippen molar-refractivity contribution >= 4 is 22.1 Å². The summed E-state index contributed by atoms with van der Waals surface area (Å²) in [6.45, 7) is 9.71. The van der Waals surface area contributed by atoms with E-state index in [2.05, 4.69) is 52.0 Å². The molecule has 5 nitrogen and oxygen atoms in total. The fraction of sp³-hybridized carbons (Fsp3) is 0.667. The van der Waals surface area contributed by atoms with E-state index in [1.54, 1.807) is 11.3 Å². The number of fused-ring (bicyclic) bond motifs is 1. The first-order valence-corrected chi connectivity index (χ1v) is 8.69. The van der Waals surface area contributed by atoms with Gasteiger partial charge in [-0.3, -0.25) is 4.40 Å². The molecule has 1 atom stereocenters. The number of rotatable bonds is 5. The van der Waals surface area contributed by atoms with Crippen molar-refractivity contribution < 1.29 is 0 Å². The number of nitrogens with one attached hydrogen (secondary N) is 1. The highest BCUT2D eigenvalue weighted by Gasteiger charge is 2.26. The molecule has 0 amide bonds. The summed E-state index contributed by atoms with van der Waals surface area (Å²) in [7, 11) is 2.20. The van der Waals surface area contributed by atoms with Crippen molar-refractivity contribution in [2.75, 3.05) is 38.1 Å². The molecule has 0 bridgehead atoms. The lowest BCUT2D eigenvalue weighted by Gasteiger charge is -2.39. The van der Waals surface area contributed by atoms with Gasteiger partial charge in [0.1, 0.15) is 0 Å². The molecule has 1 unspecified atom stereocenters. The summed E-state index contributed by atoms with van der Waals surface area (Å²) in [6.07, 6.45) is 3.30. The van der Waals surface area contributed by atoms with E-state index >= 15 is 0 Å². The summed E-state index contributed by atoms with van der Waals surface area (Å²) in [5, 5.41) is 5.64. The molecule has 1 fully saturated rings. The van der Waals surface area contributed by atoms with Crippen molar-refractivity contribution in [2.24, 2.45) is 0 Å². The molecule has 116 valence electrons. The number of likely N-dealkylation sites (N-methyl/N-ethyl adjacent to an activating group) is 1. The predicted octanol–water partition coefficient (Wildman–Crippen LogP) is 2.04. The number of hydrogen-bond acceptors (Lipinski definition) is 5. The van der Waals surface area contributed by atoms with Crippen LogP contribution in [0, 0.1) is 0 Å². The Morgan fingerprint density at radius 1 is 1.43 bits per heavy atom. The molecule has 1 aliphatic rings. The topological polar surface area (TPSA) is 35.8 Å². The molecule has 3 rings (SSSR count). The minimum Gasteiger partial charge on any atom is -0.350 e. The zero-order chi connectivity index (χ0) is 14.8. The van der Waals surface area contributed by atoms with Crippen molar-refractivity contribution in [1.29, 1.82) is 0 Å². The predicted molar refractivity (Wildman–Crippen MR) is 89.4 cm³/mol. The number of anilines is 1. The minimum absolute atomic E-state index is 0.512. The molecule has 0 spiro atoms. The summed E-state index contributed by atoms with van der Waals surface area (Å²) < 4.78 is 2.24. The van der Waals surface area contributed by atoms with E-state index in [1.807, 2.05) is 0 Å². The first kappa shape index (κ1) is 14.8. The van der Waals surface area contributed by atoms with Gasteiger partial charge in [-0.2, -0.15) is 0 Å². The largest absolute Gasteiger partial charge is 0.350 e. The van der Waals surface area contributed by atoms with Crippen LogP contribution in [0.3, 0.4) is 0 Å². The maximum atomic E-state index is 4.90. The molecular weight excluding hydrogens is 282 g/mol. The Balaban J connectivity index is 1.89. The van der Waals surface area contributed by atoms with Crippen LogP contribution in [-0.4, -0.2) is 53.6 Å². The van der Waals surface area contributed by atoms with Gasteiger partial charge in [-0.15, -0.1) is 11.3 Å². The fourth-order valence-electron chi connectivity index (χ4n) is 3.05. The van der Waals surface area contributed by atoms with Crippen LogP contribution < -0.4 is 10.2 Å². The summed E-state index contributed by atoms with van der Waals surface area (Å²) in [5.74, 6) is 1.17. The van der Waals surface area contributed by atoms with Gasteiger partial charge in [-0.1, -0.05) is 6.92 Å². The molecule has 6 heteroatoms. The normalized spacial score (nSPS) is 20.5. The van der Waals surface area contributed by atoms with Crippen LogP contribution >= 0.6 is 11.3 Å². The van der Waals surface area contributed by atoms with Crippen LogP contribution in [0.4, 0.5) is 5.82 Å². The SMILES string of the molecule is CCCNCc1c(N2CCN(C)CC2C)nc2sccn12. The van der Waals surface area contributed by atoms with Crippen LogP contribution in [0.2, 0.25) is 0 Å². The molecule has 1 aliphatic heterocycles. The third-order valence-electron chi connectivity index (χ3n) is 4.16. The number of piperazine rings is 1.